The van der Waals surface area contributed by atoms with Crippen LogP contribution in [0.2, 0.25) is 0 Å². The second-order valence-electron chi connectivity index (χ2n) is 5.51. The highest BCUT2D eigenvalue weighted by Crippen LogP contribution is 2.25. The summed E-state index contributed by atoms with van der Waals surface area (Å²) in [7, 11) is 1.45. The van der Waals surface area contributed by atoms with Crippen molar-refractivity contribution in [2.75, 3.05) is 13.7 Å². The molecule has 1 aliphatic carbocycles. The summed E-state index contributed by atoms with van der Waals surface area (Å²) in [6.07, 6.45) is 3.71. The van der Waals surface area contributed by atoms with E-state index in [1.807, 2.05) is 30.3 Å². The monoisotopic (exact) mass is 261 g/mol. The fourth-order valence-electron chi connectivity index (χ4n) is 2.84. The lowest BCUT2D eigenvalue weighted by atomic mass is 9.98. The van der Waals surface area contributed by atoms with Gasteiger partial charge in [-0.05, 0) is 30.7 Å². The van der Waals surface area contributed by atoms with Crippen molar-refractivity contribution in [2.45, 2.75) is 38.1 Å². The molecular weight excluding hydrogens is 238 g/mol. The molecule has 3 atom stereocenters. The maximum atomic E-state index is 11.9. The van der Waals surface area contributed by atoms with Crippen LogP contribution in [0.25, 0.3) is 0 Å². The van der Waals surface area contributed by atoms with Crippen LogP contribution in [-0.2, 0) is 9.53 Å². The molecule has 2 rings (SSSR count). The molecule has 0 spiro atoms. The molecule has 1 saturated carbocycles. The summed E-state index contributed by atoms with van der Waals surface area (Å²) in [6, 6.07) is 10.4. The Hall–Kier alpha value is -1.35. The zero-order chi connectivity index (χ0) is 13.7. The summed E-state index contributed by atoms with van der Waals surface area (Å²) in [5.41, 5.74) is 1.02. The van der Waals surface area contributed by atoms with E-state index in [9.17, 15) is 4.79 Å². The minimum Gasteiger partial charge on any atom is -0.469 e. The normalized spacial score (nSPS) is 24.1. The second-order valence-corrected chi connectivity index (χ2v) is 5.51. The van der Waals surface area contributed by atoms with E-state index in [2.05, 4.69) is 12.2 Å². The largest absolute Gasteiger partial charge is 0.469 e. The Bertz CT molecular complexity index is 404. The van der Waals surface area contributed by atoms with Crippen LogP contribution < -0.4 is 5.32 Å². The topological polar surface area (TPSA) is 38.3 Å². The van der Waals surface area contributed by atoms with Crippen molar-refractivity contribution in [1.29, 1.82) is 0 Å². The molecule has 19 heavy (non-hydrogen) atoms. The van der Waals surface area contributed by atoms with Crippen LogP contribution in [0.3, 0.4) is 0 Å². The summed E-state index contributed by atoms with van der Waals surface area (Å²) in [4.78, 5) is 11.9. The van der Waals surface area contributed by atoms with Crippen molar-refractivity contribution in [3.05, 3.63) is 35.9 Å². The highest BCUT2D eigenvalue weighted by atomic mass is 16.5. The fraction of sp³-hybridized carbons (Fsp3) is 0.562. The Morgan fingerprint density at radius 3 is 2.68 bits per heavy atom. The molecule has 1 aromatic rings. The second kappa shape index (κ2) is 6.71. The number of carbonyl (C=O) groups is 1. The summed E-state index contributed by atoms with van der Waals surface area (Å²) < 4.78 is 4.92. The van der Waals surface area contributed by atoms with E-state index in [0.717, 1.165) is 11.5 Å². The molecule has 0 aliphatic heterocycles. The van der Waals surface area contributed by atoms with Crippen molar-refractivity contribution >= 4 is 5.97 Å². The lowest BCUT2D eigenvalue weighted by molar-refractivity contribution is -0.142. The van der Waals surface area contributed by atoms with E-state index in [0.29, 0.717) is 12.6 Å². The van der Waals surface area contributed by atoms with Gasteiger partial charge in [0.15, 0.2) is 0 Å². The number of carbonyl (C=O) groups excluding carboxylic acids is 1. The van der Waals surface area contributed by atoms with Crippen LogP contribution in [0, 0.1) is 5.92 Å². The molecule has 1 N–H and O–H groups in total. The van der Waals surface area contributed by atoms with Gasteiger partial charge in [0.2, 0.25) is 0 Å². The molecule has 1 fully saturated rings. The van der Waals surface area contributed by atoms with Gasteiger partial charge in [-0.3, -0.25) is 4.79 Å². The maximum absolute atomic E-state index is 11.9. The molecule has 0 aromatic heterocycles. The average Bonchev–Trinajstić information content (AvgIpc) is 2.85. The van der Waals surface area contributed by atoms with Crippen LogP contribution in [0.5, 0.6) is 0 Å². The van der Waals surface area contributed by atoms with Crippen molar-refractivity contribution in [3.8, 4) is 0 Å². The molecule has 0 heterocycles. The molecule has 0 amide bonds. The van der Waals surface area contributed by atoms with Crippen molar-refractivity contribution in [2.24, 2.45) is 5.92 Å². The number of rotatable bonds is 5. The van der Waals surface area contributed by atoms with Gasteiger partial charge in [0, 0.05) is 12.6 Å². The summed E-state index contributed by atoms with van der Waals surface area (Å²) >= 11 is 0. The molecule has 3 nitrogen and oxygen atoms in total. The van der Waals surface area contributed by atoms with E-state index in [4.69, 9.17) is 4.74 Å². The Labute approximate surface area is 115 Å². The minimum atomic E-state index is -0.206. The first-order valence-corrected chi connectivity index (χ1v) is 7.07. The minimum absolute atomic E-state index is 0.162. The van der Waals surface area contributed by atoms with Gasteiger partial charge in [0.25, 0.3) is 0 Å². The van der Waals surface area contributed by atoms with Gasteiger partial charge in [0.05, 0.1) is 13.0 Å². The van der Waals surface area contributed by atoms with Gasteiger partial charge in [-0.15, -0.1) is 0 Å². The number of hydrogen-bond donors (Lipinski definition) is 1. The Balaban J connectivity index is 1.97. The molecule has 104 valence electrons. The zero-order valence-corrected chi connectivity index (χ0v) is 11.8. The molecule has 3 unspecified atom stereocenters. The van der Waals surface area contributed by atoms with Gasteiger partial charge >= 0.3 is 5.97 Å². The van der Waals surface area contributed by atoms with E-state index < -0.39 is 0 Å². The van der Waals surface area contributed by atoms with E-state index in [1.54, 1.807) is 0 Å². The third kappa shape index (κ3) is 3.80. The van der Waals surface area contributed by atoms with E-state index >= 15 is 0 Å². The first-order chi connectivity index (χ1) is 9.20. The van der Waals surface area contributed by atoms with Gasteiger partial charge in [0.1, 0.15) is 0 Å². The standard InChI is InChI=1S/C16H23NO2/c1-12-8-9-14(10-12)17-11-15(16(18)19-2)13-6-4-3-5-7-13/h3-7,12,14-15,17H,8-11H2,1-2H3. The third-order valence-corrected chi connectivity index (χ3v) is 3.99. The number of methoxy groups -OCH3 is 1. The Morgan fingerprint density at radius 1 is 1.37 bits per heavy atom. The fourth-order valence-corrected chi connectivity index (χ4v) is 2.84. The van der Waals surface area contributed by atoms with Crippen LogP contribution in [0.1, 0.15) is 37.7 Å². The molecular formula is C16H23NO2. The van der Waals surface area contributed by atoms with Crippen LogP contribution in [-0.4, -0.2) is 25.7 Å². The number of esters is 1. The van der Waals surface area contributed by atoms with Crippen LogP contribution >= 0.6 is 0 Å². The van der Waals surface area contributed by atoms with Crippen molar-refractivity contribution < 1.29 is 9.53 Å². The summed E-state index contributed by atoms with van der Waals surface area (Å²) in [5.74, 6) is 0.428. The number of hydrogen-bond acceptors (Lipinski definition) is 3. The first kappa shape index (κ1) is 14.1. The number of nitrogens with one attached hydrogen (secondary N) is 1. The SMILES string of the molecule is COC(=O)C(CNC1CCC(C)C1)c1ccccc1. The zero-order valence-electron chi connectivity index (χ0n) is 11.8. The predicted octanol–water partition coefficient (Wildman–Crippen LogP) is 2.72. The highest BCUT2D eigenvalue weighted by molar-refractivity contribution is 5.78. The molecule has 1 aliphatic rings. The summed E-state index contributed by atoms with van der Waals surface area (Å²) in [6.45, 7) is 2.95. The molecule has 0 bridgehead atoms. The van der Waals surface area contributed by atoms with E-state index in [-0.39, 0.29) is 11.9 Å². The van der Waals surface area contributed by atoms with Gasteiger partial charge in [-0.2, -0.15) is 0 Å². The first-order valence-electron chi connectivity index (χ1n) is 7.07. The summed E-state index contributed by atoms with van der Waals surface area (Å²) in [5, 5.41) is 3.52. The number of benzene rings is 1. The molecule has 3 heteroatoms. The predicted molar refractivity (Wildman–Crippen MR) is 76.0 cm³/mol. The van der Waals surface area contributed by atoms with Gasteiger partial charge < -0.3 is 10.1 Å². The van der Waals surface area contributed by atoms with Gasteiger partial charge in [-0.1, -0.05) is 37.3 Å². The van der Waals surface area contributed by atoms with E-state index in [1.165, 1.54) is 26.4 Å². The van der Waals surface area contributed by atoms with Crippen LogP contribution in [0.4, 0.5) is 0 Å². The lowest BCUT2D eigenvalue weighted by Gasteiger charge is -2.19. The highest BCUT2D eigenvalue weighted by Gasteiger charge is 2.25. The van der Waals surface area contributed by atoms with Crippen LogP contribution in [0.15, 0.2) is 30.3 Å². The average molecular weight is 261 g/mol. The third-order valence-electron chi connectivity index (χ3n) is 3.99. The van der Waals surface area contributed by atoms with Crippen molar-refractivity contribution in [1.82, 2.24) is 5.32 Å². The lowest BCUT2D eigenvalue weighted by Crippen LogP contribution is -2.34. The Kier molecular flexibility index (Phi) is 4.97. The molecule has 0 saturated heterocycles. The van der Waals surface area contributed by atoms with Gasteiger partial charge in [-0.25, -0.2) is 0 Å². The molecule has 1 aromatic carbocycles. The maximum Gasteiger partial charge on any atom is 0.314 e. The number of ether oxygens (including phenoxy) is 1. The molecule has 0 radical (unpaired) electrons. The smallest absolute Gasteiger partial charge is 0.314 e. The quantitative estimate of drug-likeness (QED) is 0.828. The van der Waals surface area contributed by atoms with Crippen molar-refractivity contribution in [3.63, 3.8) is 0 Å². The Morgan fingerprint density at radius 2 is 2.11 bits per heavy atom.